The van der Waals surface area contributed by atoms with Gasteiger partial charge >= 0.3 is 6.09 Å². The molecule has 0 aromatic rings. The van der Waals surface area contributed by atoms with E-state index in [0.29, 0.717) is 13.2 Å². The van der Waals surface area contributed by atoms with Crippen molar-refractivity contribution in [2.75, 3.05) is 13.2 Å². The minimum atomic E-state index is -0.542. The van der Waals surface area contributed by atoms with Crippen molar-refractivity contribution in [3.63, 3.8) is 0 Å². The van der Waals surface area contributed by atoms with E-state index in [4.69, 9.17) is 5.53 Å². The number of cyclic esters (lactones) is 1. The van der Waals surface area contributed by atoms with Gasteiger partial charge in [0.05, 0.1) is 0 Å². The summed E-state index contributed by atoms with van der Waals surface area (Å²) in [5.41, 5.74) is 6.70. The quantitative estimate of drug-likeness (QED) is 0.442. The fourth-order valence-corrected chi connectivity index (χ4v) is 0.393. The Labute approximate surface area is 40.2 Å². The normalized spacial score (nSPS) is 20.0. The highest BCUT2D eigenvalue weighted by atomic mass is 16.6. The van der Waals surface area contributed by atoms with Crippen molar-refractivity contribution in [1.82, 2.24) is 0 Å². The Bertz CT molecular complexity index is 106. The van der Waals surface area contributed by atoms with Gasteiger partial charge in [0, 0.05) is 0 Å². The van der Waals surface area contributed by atoms with Gasteiger partial charge in [-0.1, -0.05) is 0 Å². The first kappa shape index (κ1) is 4.23. The van der Waals surface area contributed by atoms with Crippen LogP contribution in [0.2, 0.25) is 0 Å². The monoisotopic (exact) mass is 101 g/mol. The molecule has 4 heteroatoms. The van der Waals surface area contributed by atoms with Crippen LogP contribution >= 0.6 is 0 Å². The zero-order chi connectivity index (χ0) is 5.28. The standard InChI is InChI=1S/C3H5N2O2/c4-5-1-2-7-3(5)6/h4H,1-2H2/q+1. The second kappa shape index (κ2) is 1.29. The van der Waals surface area contributed by atoms with Gasteiger partial charge in [0.2, 0.25) is 6.54 Å². The van der Waals surface area contributed by atoms with Crippen LogP contribution in [0.25, 0.3) is 0 Å². The highest BCUT2D eigenvalue weighted by Crippen LogP contribution is 1.92. The lowest BCUT2D eigenvalue weighted by Gasteiger charge is -1.71. The Morgan fingerprint density at radius 3 is 2.71 bits per heavy atom. The molecule has 0 atom stereocenters. The van der Waals surface area contributed by atoms with Gasteiger partial charge in [-0.15, -0.1) is 0 Å². The van der Waals surface area contributed by atoms with Crippen LogP contribution in [0.4, 0.5) is 4.79 Å². The smallest absolute Gasteiger partial charge is 0.403 e. The molecule has 0 bridgehead atoms. The number of carbonyl (C=O) groups excluding carboxylic acids is 1. The number of hydrogen-bond donors (Lipinski definition) is 1. The maximum absolute atomic E-state index is 10.1. The average Bonchev–Trinajstić information content (AvgIpc) is 1.91. The van der Waals surface area contributed by atoms with Gasteiger partial charge in [0.25, 0.3) is 0 Å². The number of nitrogens with one attached hydrogen (secondary N) is 1. The van der Waals surface area contributed by atoms with E-state index in [2.05, 4.69) is 4.74 Å². The van der Waals surface area contributed by atoms with Crippen molar-refractivity contribution in [2.24, 2.45) is 0 Å². The van der Waals surface area contributed by atoms with Crippen molar-refractivity contribution < 1.29 is 14.2 Å². The molecule has 1 saturated heterocycles. The predicted molar refractivity (Wildman–Crippen MR) is 19.2 cm³/mol. The first-order valence-corrected chi connectivity index (χ1v) is 1.96. The van der Waals surface area contributed by atoms with E-state index >= 15 is 0 Å². The first-order chi connectivity index (χ1) is 3.30. The Balaban J connectivity index is 2.65. The molecule has 0 aromatic heterocycles. The number of rotatable bonds is 0. The predicted octanol–water partition coefficient (Wildman–Crippen LogP) is 0.180. The fourth-order valence-electron chi connectivity index (χ4n) is 0.393. The van der Waals surface area contributed by atoms with E-state index in [1.165, 1.54) is 0 Å². The van der Waals surface area contributed by atoms with Gasteiger partial charge in [-0.05, 0) is 10.2 Å². The Morgan fingerprint density at radius 2 is 2.57 bits per heavy atom. The number of hydrogen-bond acceptors (Lipinski definition) is 3. The highest BCUT2D eigenvalue weighted by Gasteiger charge is 2.27. The molecule has 0 aromatic carbocycles. The number of carbonyl (C=O) groups is 1. The second-order valence-electron chi connectivity index (χ2n) is 1.27. The molecule has 0 aliphatic carbocycles. The molecule has 0 saturated carbocycles. The zero-order valence-electron chi connectivity index (χ0n) is 3.68. The van der Waals surface area contributed by atoms with Crippen LogP contribution in [0.5, 0.6) is 0 Å². The summed E-state index contributed by atoms with van der Waals surface area (Å²) in [6.45, 7) is 0.765. The van der Waals surface area contributed by atoms with E-state index < -0.39 is 6.09 Å². The van der Waals surface area contributed by atoms with Gasteiger partial charge in [0.1, 0.15) is 0 Å². The molecule has 38 valence electrons. The summed E-state index contributed by atoms with van der Waals surface area (Å²) in [6, 6.07) is 0. The van der Waals surface area contributed by atoms with Crippen LogP contribution in [-0.4, -0.2) is 23.9 Å². The molecule has 7 heavy (non-hydrogen) atoms. The van der Waals surface area contributed by atoms with Crippen molar-refractivity contribution >= 4 is 6.09 Å². The molecule has 4 nitrogen and oxygen atoms in total. The van der Waals surface area contributed by atoms with Crippen LogP contribution in [0.1, 0.15) is 0 Å². The second-order valence-corrected chi connectivity index (χ2v) is 1.27. The molecule has 1 aliphatic rings. The largest absolute Gasteiger partial charge is 0.622 e. The maximum atomic E-state index is 10.1. The molecule has 1 heterocycles. The van der Waals surface area contributed by atoms with Crippen molar-refractivity contribution in [3.05, 3.63) is 0 Å². The lowest BCUT2D eigenvalue weighted by molar-refractivity contribution is -0.509. The van der Waals surface area contributed by atoms with Crippen molar-refractivity contribution in [1.29, 1.82) is 5.53 Å². The van der Waals surface area contributed by atoms with Crippen LogP contribution in [0, 0.1) is 5.53 Å². The third-order valence-corrected chi connectivity index (χ3v) is 0.761. The minimum Gasteiger partial charge on any atom is -0.403 e. The Hall–Kier alpha value is -0.930. The molecule has 1 rings (SSSR count). The molecular weight excluding hydrogens is 96.0 g/mol. The summed E-state index contributed by atoms with van der Waals surface area (Å²) in [5, 5.41) is 0. The number of ether oxygens (including phenoxy) is 1. The summed E-state index contributed by atoms with van der Waals surface area (Å²) < 4.78 is 5.16. The van der Waals surface area contributed by atoms with E-state index in [1.807, 2.05) is 0 Å². The molecule has 1 N–H and O–H groups in total. The van der Waals surface area contributed by atoms with Gasteiger partial charge in [-0.2, -0.15) is 4.79 Å². The van der Waals surface area contributed by atoms with E-state index in [-0.39, 0.29) is 0 Å². The van der Waals surface area contributed by atoms with Gasteiger partial charge in [-0.25, -0.2) is 0 Å². The zero-order valence-corrected chi connectivity index (χ0v) is 3.68. The molecule has 1 fully saturated rings. The average molecular weight is 101 g/mol. The fraction of sp³-hybridized carbons (Fsp3) is 0.667. The Morgan fingerprint density at radius 1 is 1.86 bits per heavy atom. The lowest BCUT2D eigenvalue weighted by Crippen LogP contribution is -2.05. The molecule has 1 amide bonds. The van der Waals surface area contributed by atoms with Gasteiger partial charge in [-0.3, -0.25) is 0 Å². The highest BCUT2D eigenvalue weighted by molar-refractivity contribution is 5.57. The number of nitrogens with zero attached hydrogens (tertiary/aromatic N) is 1. The van der Waals surface area contributed by atoms with E-state index in [0.717, 1.165) is 4.70 Å². The Kier molecular flexibility index (Phi) is 0.780. The molecular formula is C3H5N2O2+. The summed E-state index contributed by atoms with van der Waals surface area (Å²) in [5.74, 6) is 0. The van der Waals surface area contributed by atoms with Crippen molar-refractivity contribution in [3.8, 4) is 0 Å². The maximum Gasteiger partial charge on any atom is 0.622 e. The SMILES string of the molecule is N=[N+]1CCOC1=O. The lowest BCUT2D eigenvalue weighted by atomic mass is 10.7. The first-order valence-electron chi connectivity index (χ1n) is 1.96. The van der Waals surface area contributed by atoms with Gasteiger partial charge in [0.15, 0.2) is 6.61 Å². The molecule has 0 radical (unpaired) electrons. The summed E-state index contributed by atoms with van der Waals surface area (Å²) in [7, 11) is 0. The number of amides is 1. The van der Waals surface area contributed by atoms with Crippen LogP contribution in [-0.2, 0) is 4.74 Å². The van der Waals surface area contributed by atoms with E-state index in [9.17, 15) is 4.79 Å². The third-order valence-electron chi connectivity index (χ3n) is 0.761. The molecule has 1 aliphatic heterocycles. The molecule has 0 unspecified atom stereocenters. The van der Waals surface area contributed by atoms with Crippen LogP contribution in [0.3, 0.4) is 0 Å². The van der Waals surface area contributed by atoms with Crippen LogP contribution in [0.15, 0.2) is 0 Å². The third kappa shape index (κ3) is 0.581. The topological polar surface area (TPSA) is 53.2 Å². The minimum absolute atomic E-state index is 0.363. The summed E-state index contributed by atoms with van der Waals surface area (Å²) in [6.07, 6.45) is -0.542. The van der Waals surface area contributed by atoms with Crippen molar-refractivity contribution in [2.45, 2.75) is 0 Å². The summed E-state index contributed by atoms with van der Waals surface area (Å²) in [4.78, 5) is 10.1. The van der Waals surface area contributed by atoms with Crippen LogP contribution < -0.4 is 0 Å². The van der Waals surface area contributed by atoms with E-state index in [1.54, 1.807) is 0 Å². The molecule has 0 spiro atoms. The van der Waals surface area contributed by atoms with Gasteiger partial charge < -0.3 is 4.74 Å². The summed E-state index contributed by atoms with van der Waals surface area (Å²) >= 11 is 0.